The number of carboxylic acid groups (broad SMARTS) is 1. The van der Waals surface area contributed by atoms with E-state index in [1.54, 1.807) is 14.0 Å². The summed E-state index contributed by atoms with van der Waals surface area (Å²) in [5.41, 5.74) is -1.16. The highest BCUT2D eigenvalue weighted by molar-refractivity contribution is 5.86. The van der Waals surface area contributed by atoms with E-state index in [0.717, 1.165) is 32.1 Å². The molecule has 2 fully saturated rings. The fourth-order valence-electron chi connectivity index (χ4n) is 2.80. The Morgan fingerprint density at radius 1 is 1.26 bits per heavy atom. The highest BCUT2D eigenvalue weighted by Crippen LogP contribution is 2.39. The first kappa shape index (κ1) is 14.1. The predicted molar refractivity (Wildman–Crippen MR) is 68.9 cm³/mol. The minimum absolute atomic E-state index is 0.0257. The highest BCUT2D eigenvalue weighted by Gasteiger charge is 2.48. The summed E-state index contributed by atoms with van der Waals surface area (Å²) in [5, 5.41) is 14.7. The van der Waals surface area contributed by atoms with Crippen molar-refractivity contribution in [3.8, 4) is 0 Å². The molecule has 2 aliphatic carbocycles. The lowest BCUT2D eigenvalue weighted by Gasteiger charge is -2.28. The molecule has 3 unspecified atom stereocenters. The highest BCUT2D eigenvalue weighted by atomic mass is 16.5. The van der Waals surface area contributed by atoms with E-state index in [1.807, 2.05) is 0 Å². The predicted octanol–water partition coefficient (Wildman–Crippen LogP) is 1.11. The van der Waals surface area contributed by atoms with Crippen LogP contribution in [-0.2, 0) is 9.53 Å². The van der Waals surface area contributed by atoms with Gasteiger partial charge in [-0.2, -0.15) is 0 Å². The Balaban J connectivity index is 1.91. The Hall–Kier alpha value is -1.30. The Morgan fingerprint density at radius 3 is 2.47 bits per heavy atom. The summed E-state index contributed by atoms with van der Waals surface area (Å²) < 4.78 is 5.30. The van der Waals surface area contributed by atoms with Gasteiger partial charge in [-0.15, -0.1) is 0 Å². The quantitative estimate of drug-likeness (QED) is 0.698. The van der Waals surface area contributed by atoms with Crippen molar-refractivity contribution in [3.05, 3.63) is 0 Å². The minimum atomic E-state index is -1.16. The maximum absolute atomic E-state index is 12.0. The number of carboxylic acids is 1. The van der Waals surface area contributed by atoms with Gasteiger partial charge >= 0.3 is 12.0 Å². The maximum atomic E-state index is 12.0. The van der Waals surface area contributed by atoms with Crippen LogP contribution in [-0.4, -0.2) is 41.9 Å². The van der Waals surface area contributed by atoms with Crippen LogP contribution >= 0.6 is 0 Å². The number of hydrogen-bond acceptors (Lipinski definition) is 3. The lowest BCUT2D eigenvalue weighted by molar-refractivity contribution is -0.144. The second-order valence-electron chi connectivity index (χ2n) is 5.69. The zero-order chi connectivity index (χ0) is 14.0. The van der Waals surface area contributed by atoms with Crippen LogP contribution in [0.25, 0.3) is 0 Å². The Kier molecular flexibility index (Phi) is 3.99. The van der Waals surface area contributed by atoms with Crippen LogP contribution in [0.2, 0.25) is 0 Å². The molecule has 2 amide bonds. The van der Waals surface area contributed by atoms with Crippen LogP contribution in [0.5, 0.6) is 0 Å². The van der Waals surface area contributed by atoms with Gasteiger partial charge < -0.3 is 20.5 Å². The zero-order valence-electron chi connectivity index (χ0n) is 11.4. The van der Waals surface area contributed by atoms with Crippen molar-refractivity contribution < 1.29 is 19.4 Å². The number of ether oxygens (including phenoxy) is 1. The Labute approximate surface area is 112 Å². The molecular weight excluding hydrogens is 248 g/mol. The van der Waals surface area contributed by atoms with Crippen molar-refractivity contribution in [2.75, 3.05) is 7.11 Å². The number of aliphatic carboxylic acids is 1. The number of rotatable bonds is 5. The molecule has 0 saturated heterocycles. The molecule has 0 aromatic heterocycles. The van der Waals surface area contributed by atoms with Gasteiger partial charge in [0, 0.05) is 7.11 Å². The SMILES string of the molecule is COC1CCCC1NC(=O)NC(C)(C(=O)O)C1CC1. The van der Waals surface area contributed by atoms with E-state index >= 15 is 0 Å². The largest absolute Gasteiger partial charge is 0.480 e. The van der Waals surface area contributed by atoms with Crippen LogP contribution < -0.4 is 10.6 Å². The molecule has 108 valence electrons. The van der Waals surface area contributed by atoms with E-state index in [4.69, 9.17) is 4.74 Å². The lowest BCUT2D eigenvalue weighted by atomic mass is 9.96. The monoisotopic (exact) mass is 270 g/mol. The second-order valence-corrected chi connectivity index (χ2v) is 5.69. The molecule has 3 atom stereocenters. The summed E-state index contributed by atoms with van der Waals surface area (Å²) in [7, 11) is 1.63. The Bertz CT molecular complexity index is 370. The van der Waals surface area contributed by atoms with E-state index in [9.17, 15) is 14.7 Å². The number of nitrogens with one attached hydrogen (secondary N) is 2. The molecule has 0 radical (unpaired) electrons. The summed E-state index contributed by atoms with van der Waals surface area (Å²) in [6, 6.07) is -0.437. The number of methoxy groups -OCH3 is 1. The topological polar surface area (TPSA) is 87.7 Å². The fourth-order valence-corrected chi connectivity index (χ4v) is 2.80. The molecule has 0 aromatic rings. The van der Waals surface area contributed by atoms with Crippen LogP contribution in [0.15, 0.2) is 0 Å². The van der Waals surface area contributed by atoms with Crippen molar-refractivity contribution in [1.29, 1.82) is 0 Å². The molecule has 6 heteroatoms. The number of urea groups is 1. The molecule has 19 heavy (non-hydrogen) atoms. The lowest BCUT2D eigenvalue weighted by Crippen LogP contribution is -2.58. The molecule has 0 bridgehead atoms. The van der Waals surface area contributed by atoms with E-state index in [2.05, 4.69) is 10.6 Å². The third-order valence-electron chi connectivity index (χ3n) is 4.28. The molecule has 2 saturated carbocycles. The first-order valence-corrected chi connectivity index (χ1v) is 6.82. The average molecular weight is 270 g/mol. The summed E-state index contributed by atoms with van der Waals surface area (Å²) in [4.78, 5) is 23.3. The normalized spacial score (nSPS) is 29.6. The van der Waals surface area contributed by atoms with Crippen LogP contribution in [0.4, 0.5) is 4.79 Å². The van der Waals surface area contributed by atoms with Gasteiger partial charge in [0.25, 0.3) is 0 Å². The molecule has 0 heterocycles. The third-order valence-corrected chi connectivity index (χ3v) is 4.28. The van der Waals surface area contributed by atoms with E-state index < -0.39 is 17.5 Å². The average Bonchev–Trinajstić information content (AvgIpc) is 3.11. The Morgan fingerprint density at radius 2 is 1.95 bits per heavy atom. The van der Waals surface area contributed by atoms with Gasteiger partial charge in [-0.25, -0.2) is 9.59 Å². The van der Waals surface area contributed by atoms with Crippen molar-refractivity contribution in [2.45, 2.75) is 56.7 Å². The number of hydrogen-bond donors (Lipinski definition) is 3. The van der Waals surface area contributed by atoms with Crippen molar-refractivity contribution >= 4 is 12.0 Å². The molecule has 3 N–H and O–H groups in total. The molecule has 2 aliphatic rings. The molecule has 0 aromatic carbocycles. The number of carbonyl (C=O) groups is 2. The summed E-state index contributed by atoms with van der Waals surface area (Å²) in [5.74, 6) is -0.933. The smallest absolute Gasteiger partial charge is 0.329 e. The van der Waals surface area contributed by atoms with Crippen LogP contribution in [0.1, 0.15) is 39.0 Å². The second kappa shape index (κ2) is 5.36. The standard InChI is InChI=1S/C13H22N2O4/c1-13(11(16)17,8-6-7-8)15-12(18)14-9-4-3-5-10(9)19-2/h8-10H,3-7H2,1-2H3,(H,16,17)(H2,14,15,18). The first-order chi connectivity index (χ1) is 8.97. The molecular formula is C13H22N2O4. The van der Waals surface area contributed by atoms with E-state index in [1.165, 1.54) is 0 Å². The van der Waals surface area contributed by atoms with Gasteiger partial charge in [0.1, 0.15) is 5.54 Å². The van der Waals surface area contributed by atoms with E-state index in [0.29, 0.717) is 0 Å². The molecule has 2 rings (SSSR count). The summed E-state index contributed by atoms with van der Waals surface area (Å²) in [6.45, 7) is 1.58. The maximum Gasteiger partial charge on any atom is 0.329 e. The fraction of sp³-hybridized carbons (Fsp3) is 0.846. The van der Waals surface area contributed by atoms with Gasteiger partial charge in [0.2, 0.25) is 0 Å². The van der Waals surface area contributed by atoms with Crippen molar-refractivity contribution in [2.24, 2.45) is 5.92 Å². The number of carbonyl (C=O) groups excluding carboxylic acids is 1. The summed E-state index contributed by atoms with van der Waals surface area (Å²) in [6.07, 6.45) is 4.56. The first-order valence-electron chi connectivity index (χ1n) is 6.82. The molecule has 0 spiro atoms. The van der Waals surface area contributed by atoms with Gasteiger partial charge in [0.05, 0.1) is 12.1 Å². The molecule has 6 nitrogen and oxygen atoms in total. The van der Waals surface area contributed by atoms with Gasteiger partial charge in [0.15, 0.2) is 0 Å². The van der Waals surface area contributed by atoms with Crippen molar-refractivity contribution in [3.63, 3.8) is 0 Å². The number of amides is 2. The minimum Gasteiger partial charge on any atom is -0.480 e. The van der Waals surface area contributed by atoms with Crippen LogP contribution in [0.3, 0.4) is 0 Å². The van der Waals surface area contributed by atoms with Crippen LogP contribution in [0, 0.1) is 5.92 Å². The van der Waals surface area contributed by atoms with Crippen molar-refractivity contribution in [1.82, 2.24) is 10.6 Å². The third kappa shape index (κ3) is 3.00. The molecule has 0 aliphatic heterocycles. The van der Waals surface area contributed by atoms with Gasteiger partial charge in [-0.05, 0) is 44.9 Å². The zero-order valence-corrected chi connectivity index (χ0v) is 11.4. The van der Waals surface area contributed by atoms with Gasteiger partial charge in [-0.1, -0.05) is 0 Å². The summed E-state index contributed by atoms with van der Waals surface area (Å²) >= 11 is 0. The van der Waals surface area contributed by atoms with Gasteiger partial charge in [-0.3, -0.25) is 0 Å². The van der Waals surface area contributed by atoms with E-state index in [-0.39, 0.29) is 18.1 Å².